The molecule has 0 spiro atoms. The van der Waals surface area contributed by atoms with E-state index in [4.69, 9.17) is 10.5 Å². The fourth-order valence-electron chi connectivity index (χ4n) is 1.11. The van der Waals surface area contributed by atoms with Crippen LogP contribution in [0.1, 0.15) is 47.5 Å². The molecule has 0 aliphatic heterocycles. The SMILES string of the molecule is CCC(N)(CC)CNC(=O)COC(C)(C)C. The largest absolute Gasteiger partial charge is 0.366 e. The van der Waals surface area contributed by atoms with Crippen LogP contribution in [0, 0.1) is 0 Å². The highest BCUT2D eigenvalue weighted by Crippen LogP contribution is 2.09. The van der Waals surface area contributed by atoms with Gasteiger partial charge in [0.05, 0.1) is 5.60 Å². The Labute approximate surface area is 98.9 Å². The topological polar surface area (TPSA) is 64.3 Å². The normalized spacial score (nSPS) is 12.6. The van der Waals surface area contributed by atoms with E-state index in [0.29, 0.717) is 6.54 Å². The Morgan fingerprint density at radius 3 is 2.12 bits per heavy atom. The van der Waals surface area contributed by atoms with E-state index in [-0.39, 0.29) is 23.7 Å². The van der Waals surface area contributed by atoms with E-state index in [1.807, 2.05) is 34.6 Å². The number of carbonyl (C=O) groups excluding carboxylic acids is 1. The Hall–Kier alpha value is -0.610. The first kappa shape index (κ1) is 15.4. The van der Waals surface area contributed by atoms with E-state index < -0.39 is 0 Å². The minimum Gasteiger partial charge on any atom is -0.366 e. The van der Waals surface area contributed by atoms with Crippen molar-refractivity contribution in [3.8, 4) is 0 Å². The molecule has 0 radical (unpaired) electrons. The van der Waals surface area contributed by atoms with Crippen molar-refractivity contribution in [1.29, 1.82) is 0 Å². The van der Waals surface area contributed by atoms with E-state index in [1.165, 1.54) is 0 Å². The Balaban J connectivity index is 3.90. The second-order valence-corrected chi connectivity index (χ2v) is 5.25. The number of carbonyl (C=O) groups is 1. The molecule has 0 aromatic heterocycles. The zero-order valence-corrected chi connectivity index (χ0v) is 11.2. The molecule has 0 aliphatic carbocycles. The van der Waals surface area contributed by atoms with Crippen LogP contribution in [0.2, 0.25) is 0 Å². The Kier molecular flexibility index (Phi) is 5.97. The number of hydrogen-bond acceptors (Lipinski definition) is 3. The molecular formula is C12H26N2O2. The second kappa shape index (κ2) is 6.21. The van der Waals surface area contributed by atoms with E-state index in [2.05, 4.69) is 5.32 Å². The molecule has 0 aromatic rings. The van der Waals surface area contributed by atoms with Crippen molar-refractivity contribution in [2.24, 2.45) is 5.73 Å². The van der Waals surface area contributed by atoms with Gasteiger partial charge in [0.25, 0.3) is 0 Å². The van der Waals surface area contributed by atoms with E-state index in [9.17, 15) is 4.79 Å². The van der Waals surface area contributed by atoms with Gasteiger partial charge >= 0.3 is 0 Å². The predicted octanol–water partition coefficient (Wildman–Crippen LogP) is 1.44. The Bertz CT molecular complexity index is 218. The van der Waals surface area contributed by atoms with Gasteiger partial charge in [0, 0.05) is 12.1 Å². The Morgan fingerprint density at radius 1 is 1.25 bits per heavy atom. The van der Waals surface area contributed by atoms with Crippen molar-refractivity contribution in [3.63, 3.8) is 0 Å². The molecule has 0 atom stereocenters. The molecule has 0 rings (SSSR count). The summed E-state index contributed by atoms with van der Waals surface area (Å²) in [5.41, 5.74) is 5.49. The first-order valence-electron chi connectivity index (χ1n) is 5.92. The maximum atomic E-state index is 11.5. The van der Waals surface area contributed by atoms with Crippen molar-refractivity contribution >= 4 is 5.91 Å². The molecule has 0 fully saturated rings. The van der Waals surface area contributed by atoms with E-state index in [0.717, 1.165) is 12.8 Å². The highest BCUT2D eigenvalue weighted by Gasteiger charge is 2.21. The van der Waals surface area contributed by atoms with Gasteiger partial charge in [-0.3, -0.25) is 4.79 Å². The van der Waals surface area contributed by atoms with Gasteiger partial charge in [0.1, 0.15) is 6.61 Å². The number of rotatable bonds is 6. The zero-order valence-electron chi connectivity index (χ0n) is 11.2. The van der Waals surface area contributed by atoms with Gasteiger partial charge in [-0.1, -0.05) is 13.8 Å². The van der Waals surface area contributed by atoms with E-state index in [1.54, 1.807) is 0 Å². The van der Waals surface area contributed by atoms with Crippen LogP contribution < -0.4 is 11.1 Å². The van der Waals surface area contributed by atoms with Crippen LogP contribution in [-0.2, 0) is 9.53 Å². The third-order valence-electron chi connectivity index (χ3n) is 2.68. The molecule has 1 amide bonds. The molecule has 0 bridgehead atoms. The number of nitrogens with two attached hydrogens (primary N) is 1. The molecule has 16 heavy (non-hydrogen) atoms. The van der Waals surface area contributed by atoms with Crippen molar-refractivity contribution in [3.05, 3.63) is 0 Å². The van der Waals surface area contributed by atoms with Crippen molar-refractivity contribution in [2.45, 2.75) is 58.6 Å². The van der Waals surface area contributed by atoms with Gasteiger partial charge in [-0.05, 0) is 33.6 Å². The first-order chi connectivity index (χ1) is 7.22. The van der Waals surface area contributed by atoms with Gasteiger partial charge in [0.2, 0.25) is 5.91 Å². The molecule has 0 heterocycles. The zero-order chi connectivity index (χ0) is 12.8. The van der Waals surface area contributed by atoms with Gasteiger partial charge < -0.3 is 15.8 Å². The van der Waals surface area contributed by atoms with Crippen LogP contribution in [0.5, 0.6) is 0 Å². The molecule has 4 nitrogen and oxygen atoms in total. The lowest BCUT2D eigenvalue weighted by atomic mass is 9.94. The van der Waals surface area contributed by atoms with Crippen molar-refractivity contribution < 1.29 is 9.53 Å². The fraction of sp³-hybridized carbons (Fsp3) is 0.917. The summed E-state index contributed by atoms with van der Waals surface area (Å²) in [5.74, 6) is -0.105. The molecule has 96 valence electrons. The average Bonchev–Trinajstić information content (AvgIpc) is 2.22. The minimum atomic E-state index is -0.294. The Morgan fingerprint density at radius 2 is 1.75 bits per heavy atom. The number of nitrogens with one attached hydrogen (secondary N) is 1. The molecule has 0 saturated heterocycles. The summed E-state index contributed by atoms with van der Waals surface area (Å²) in [4.78, 5) is 11.5. The molecule has 3 N–H and O–H groups in total. The fourth-order valence-corrected chi connectivity index (χ4v) is 1.11. The summed E-state index contributed by atoms with van der Waals surface area (Å²) in [6.07, 6.45) is 1.70. The second-order valence-electron chi connectivity index (χ2n) is 5.25. The van der Waals surface area contributed by atoms with Gasteiger partial charge in [-0.15, -0.1) is 0 Å². The lowest BCUT2D eigenvalue weighted by Gasteiger charge is -2.27. The van der Waals surface area contributed by atoms with Crippen molar-refractivity contribution in [1.82, 2.24) is 5.32 Å². The lowest BCUT2D eigenvalue weighted by molar-refractivity contribution is -0.130. The summed E-state index contributed by atoms with van der Waals surface area (Å²) >= 11 is 0. The maximum absolute atomic E-state index is 11.5. The number of amides is 1. The predicted molar refractivity (Wildman–Crippen MR) is 66.2 cm³/mol. The standard InChI is InChI=1S/C12H26N2O2/c1-6-12(13,7-2)9-14-10(15)8-16-11(3,4)5/h6-9,13H2,1-5H3,(H,14,15). The maximum Gasteiger partial charge on any atom is 0.246 e. The van der Waals surface area contributed by atoms with Crippen LogP contribution in [0.4, 0.5) is 0 Å². The summed E-state index contributed by atoms with van der Waals surface area (Å²) in [7, 11) is 0. The van der Waals surface area contributed by atoms with Gasteiger partial charge in [-0.2, -0.15) is 0 Å². The highest BCUT2D eigenvalue weighted by molar-refractivity contribution is 5.77. The minimum absolute atomic E-state index is 0.0903. The average molecular weight is 230 g/mol. The van der Waals surface area contributed by atoms with Crippen LogP contribution in [0.25, 0.3) is 0 Å². The molecule has 0 saturated carbocycles. The van der Waals surface area contributed by atoms with Crippen LogP contribution in [0.3, 0.4) is 0 Å². The molecular weight excluding hydrogens is 204 g/mol. The summed E-state index contributed by atoms with van der Waals surface area (Å²) in [6, 6.07) is 0. The highest BCUT2D eigenvalue weighted by atomic mass is 16.5. The van der Waals surface area contributed by atoms with Crippen LogP contribution >= 0.6 is 0 Å². The van der Waals surface area contributed by atoms with Crippen LogP contribution in [0.15, 0.2) is 0 Å². The molecule has 4 heteroatoms. The van der Waals surface area contributed by atoms with Crippen molar-refractivity contribution in [2.75, 3.05) is 13.2 Å². The molecule has 0 aromatic carbocycles. The number of ether oxygens (including phenoxy) is 1. The lowest BCUT2D eigenvalue weighted by Crippen LogP contribution is -2.50. The monoisotopic (exact) mass is 230 g/mol. The third-order valence-corrected chi connectivity index (χ3v) is 2.68. The smallest absolute Gasteiger partial charge is 0.246 e. The van der Waals surface area contributed by atoms with Gasteiger partial charge in [0.15, 0.2) is 0 Å². The first-order valence-corrected chi connectivity index (χ1v) is 5.92. The van der Waals surface area contributed by atoms with Gasteiger partial charge in [-0.25, -0.2) is 0 Å². The quantitative estimate of drug-likeness (QED) is 0.725. The molecule has 0 unspecified atom stereocenters. The molecule has 0 aliphatic rings. The summed E-state index contributed by atoms with van der Waals surface area (Å²) in [5, 5.41) is 2.81. The van der Waals surface area contributed by atoms with Crippen LogP contribution in [-0.4, -0.2) is 30.2 Å². The summed E-state index contributed by atoms with van der Waals surface area (Å²) < 4.78 is 5.37. The summed E-state index contributed by atoms with van der Waals surface area (Å²) in [6.45, 7) is 10.4. The third kappa shape index (κ3) is 6.80. The number of hydrogen-bond donors (Lipinski definition) is 2. The van der Waals surface area contributed by atoms with E-state index >= 15 is 0 Å².